The fraction of sp³-hybridized carbons (Fsp3) is 0.545. The third-order valence-corrected chi connectivity index (χ3v) is 2.53. The standard InChI is InChI=1S/C11H17N3O3/c1-3-13(7-4-8-15)11-6-5-10(14(16)17)9(2)12-11/h5-6,15H,3-4,7-8H2,1-2H3. The molecule has 0 aromatic carbocycles. The zero-order chi connectivity index (χ0) is 12.8. The molecule has 1 aromatic heterocycles. The van der Waals surface area contributed by atoms with E-state index in [1.165, 1.54) is 6.07 Å². The average Bonchev–Trinajstić information content (AvgIpc) is 2.29. The number of hydrogen-bond donors (Lipinski definition) is 1. The molecule has 0 spiro atoms. The van der Waals surface area contributed by atoms with Crippen molar-refractivity contribution in [3.63, 3.8) is 0 Å². The highest BCUT2D eigenvalue weighted by Gasteiger charge is 2.14. The Morgan fingerprint density at radius 3 is 2.71 bits per heavy atom. The van der Waals surface area contributed by atoms with Gasteiger partial charge >= 0.3 is 0 Å². The lowest BCUT2D eigenvalue weighted by atomic mass is 10.3. The van der Waals surface area contributed by atoms with Gasteiger partial charge in [0.15, 0.2) is 0 Å². The molecule has 0 aliphatic heterocycles. The molecule has 17 heavy (non-hydrogen) atoms. The Morgan fingerprint density at radius 1 is 1.53 bits per heavy atom. The smallest absolute Gasteiger partial charge is 0.290 e. The highest BCUT2D eigenvalue weighted by atomic mass is 16.6. The minimum atomic E-state index is -0.434. The van der Waals surface area contributed by atoms with E-state index in [-0.39, 0.29) is 12.3 Å². The summed E-state index contributed by atoms with van der Waals surface area (Å²) in [5, 5.41) is 19.5. The molecular weight excluding hydrogens is 222 g/mol. The largest absolute Gasteiger partial charge is 0.396 e. The van der Waals surface area contributed by atoms with Gasteiger partial charge in [0.2, 0.25) is 0 Å². The number of aromatic nitrogens is 1. The van der Waals surface area contributed by atoms with E-state index in [9.17, 15) is 10.1 Å². The second-order valence-electron chi connectivity index (χ2n) is 3.69. The summed E-state index contributed by atoms with van der Waals surface area (Å²) in [6.45, 7) is 5.18. The normalized spacial score (nSPS) is 10.3. The minimum absolute atomic E-state index is 0.0342. The molecule has 0 aliphatic rings. The Hall–Kier alpha value is -1.69. The van der Waals surface area contributed by atoms with Crippen LogP contribution in [0.1, 0.15) is 19.0 Å². The number of nitro groups is 1. The van der Waals surface area contributed by atoms with Crippen LogP contribution in [0.5, 0.6) is 0 Å². The molecule has 0 saturated heterocycles. The van der Waals surface area contributed by atoms with Crippen LogP contribution in [0, 0.1) is 17.0 Å². The van der Waals surface area contributed by atoms with Crippen molar-refractivity contribution in [1.29, 1.82) is 0 Å². The van der Waals surface area contributed by atoms with Gasteiger partial charge in [0, 0.05) is 25.8 Å². The van der Waals surface area contributed by atoms with E-state index in [1.54, 1.807) is 13.0 Å². The molecule has 0 radical (unpaired) electrons. The third kappa shape index (κ3) is 3.39. The van der Waals surface area contributed by atoms with Gasteiger partial charge in [-0.3, -0.25) is 10.1 Å². The van der Waals surface area contributed by atoms with Crippen LogP contribution in [0.3, 0.4) is 0 Å². The monoisotopic (exact) mass is 239 g/mol. The van der Waals surface area contributed by atoms with Crippen molar-refractivity contribution in [2.75, 3.05) is 24.6 Å². The SMILES string of the molecule is CCN(CCCO)c1ccc([N+](=O)[O-])c(C)n1. The first-order valence-corrected chi connectivity index (χ1v) is 5.58. The van der Waals surface area contributed by atoms with E-state index in [0.717, 1.165) is 6.54 Å². The summed E-state index contributed by atoms with van der Waals surface area (Å²) in [6.07, 6.45) is 0.658. The summed E-state index contributed by atoms with van der Waals surface area (Å²) in [6, 6.07) is 3.12. The maximum atomic E-state index is 10.7. The summed E-state index contributed by atoms with van der Waals surface area (Å²) in [4.78, 5) is 16.4. The van der Waals surface area contributed by atoms with Gasteiger partial charge in [0.25, 0.3) is 5.69 Å². The molecule has 1 aromatic rings. The summed E-state index contributed by atoms with van der Waals surface area (Å²) in [5.74, 6) is 0.712. The fourth-order valence-corrected chi connectivity index (χ4v) is 1.61. The van der Waals surface area contributed by atoms with E-state index in [1.807, 2.05) is 11.8 Å². The number of hydrogen-bond acceptors (Lipinski definition) is 5. The van der Waals surface area contributed by atoms with Crippen molar-refractivity contribution in [2.45, 2.75) is 20.3 Å². The number of rotatable bonds is 6. The lowest BCUT2D eigenvalue weighted by Crippen LogP contribution is -2.25. The van der Waals surface area contributed by atoms with Crippen molar-refractivity contribution in [1.82, 2.24) is 4.98 Å². The lowest BCUT2D eigenvalue weighted by molar-refractivity contribution is -0.385. The molecule has 6 heteroatoms. The second-order valence-corrected chi connectivity index (χ2v) is 3.69. The maximum Gasteiger partial charge on any atom is 0.290 e. The molecule has 0 bridgehead atoms. The van der Waals surface area contributed by atoms with Gasteiger partial charge in [-0.05, 0) is 26.3 Å². The van der Waals surface area contributed by atoms with Crippen LogP contribution in [-0.2, 0) is 0 Å². The fourth-order valence-electron chi connectivity index (χ4n) is 1.61. The topological polar surface area (TPSA) is 79.5 Å². The molecule has 6 nitrogen and oxygen atoms in total. The molecule has 0 fully saturated rings. The summed E-state index contributed by atoms with van der Waals surface area (Å²) in [7, 11) is 0. The number of anilines is 1. The lowest BCUT2D eigenvalue weighted by Gasteiger charge is -2.21. The Balaban J connectivity index is 2.90. The van der Waals surface area contributed by atoms with Crippen LogP contribution in [0.4, 0.5) is 11.5 Å². The first-order chi connectivity index (χ1) is 8.10. The van der Waals surface area contributed by atoms with Crippen molar-refractivity contribution >= 4 is 11.5 Å². The molecular formula is C11H17N3O3. The van der Waals surface area contributed by atoms with Crippen molar-refractivity contribution < 1.29 is 10.0 Å². The highest BCUT2D eigenvalue weighted by Crippen LogP contribution is 2.20. The number of pyridine rings is 1. The van der Waals surface area contributed by atoms with E-state index in [4.69, 9.17) is 5.11 Å². The van der Waals surface area contributed by atoms with Crippen LogP contribution in [0.15, 0.2) is 12.1 Å². The Labute approximate surface area is 100 Å². The molecule has 0 saturated carbocycles. The van der Waals surface area contributed by atoms with Crippen LogP contribution in [0.2, 0.25) is 0 Å². The van der Waals surface area contributed by atoms with Gasteiger partial charge < -0.3 is 10.0 Å². The van der Waals surface area contributed by atoms with E-state index < -0.39 is 4.92 Å². The first kappa shape index (κ1) is 13.4. The summed E-state index contributed by atoms with van der Waals surface area (Å²) in [5.41, 5.74) is 0.446. The first-order valence-electron chi connectivity index (χ1n) is 5.58. The van der Waals surface area contributed by atoms with Gasteiger partial charge in [-0.25, -0.2) is 4.98 Å². The van der Waals surface area contributed by atoms with E-state index >= 15 is 0 Å². The predicted octanol–water partition coefficient (Wildman–Crippen LogP) is 1.51. The van der Waals surface area contributed by atoms with E-state index in [2.05, 4.69) is 4.98 Å². The predicted molar refractivity (Wildman–Crippen MR) is 65.2 cm³/mol. The molecule has 0 atom stereocenters. The summed E-state index contributed by atoms with van der Waals surface area (Å²) >= 11 is 0. The van der Waals surface area contributed by atoms with E-state index in [0.29, 0.717) is 24.5 Å². The average molecular weight is 239 g/mol. The molecule has 0 aliphatic carbocycles. The number of aliphatic hydroxyl groups is 1. The zero-order valence-corrected chi connectivity index (χ0v) is 10.1. The Morgan fingerprint density at radius 2 is 2.24 bits per heavy atom. The van der Waals surface area contributed by atoms with Gasteiger partial charge in [0.1, 0.15) is 11.5 Å². The molecule has 1 N–H and O–H groups in total. The third-order valence-electron chi connectivity index (χ3n) is 2.53. The molecule has 0 unspecified atom stereocenters. The summed E-state index contributed by atoms with van der Waals surface area (Å²) < 4.78 is 0. The Bertz CT molecular complexity index is 396. The van der Waals surface area contributed by atoms with Crippen LogP contribution in [0.25, 0.3) is 0 Å². The van der Waals surface area contributed by atoms with Gasteiger partial charge in [-0.2, -0.15) is 0 Å². The molecule has 94 valence electrons. The second kappa shape index (κ2) is 6.15. The van der Waals surface area contributed by atoms with Gasteiger partial charge in [-0.1, -0.05) is 0 Å². The molecule has 1 heterocycles. The number of aryl methyl sites for hydroxylation is 1. The van der Waals surface area contributed by atoms with Crippen molar-refractivity contribution in [3.05, 3.63) is 27.9 Å². The number of nitrogens with zero attached hydrogens (tertiary/aromatic N) is 3. The maximum absolute atomic E-state index is 10.7. The van der Waals surface area contributed by atoms with Crippen LogP contribution in [-0.4, -0.2) is 34.7 Å². The zero-order valence-electron chi connectivity index (χ0n) is 10.1. The van der Waals surface area contributed by atoms with Crippen LogP contribution < -0.4 is 4.90 Å². The minimum Gasteiger partial charge on any atom is -0.396 e. The van der Waals surface area contributed by atoms with Gasteiger partial charge in [0.05, 0.1) is 4.92 Å². The Kier molecular flexibility index (Phi) is 4.84. The van der Waals surface area contributed by atoms with Gasteiger partial charge in [-0.15, -0.1) is 0 Å². The van der Waals surface area contributed by atoms with Crippen molar-refractivity contribution in [2.24, 2.45) is 0 Å². The van der Waals surface area contributed by atoms with Crippen LogP contribution >= 0.6 is 0 Å². The number of aliphatic hydroxyl groups excluding tert-OH is 1. The van der Waals surface area contributed by atoms with Crippen molar-refractivity contribution in [3.8, 4) is 0 Å². The molecule has 1 rings (SSSR count). The highest BCUT2D eigenvalue weighted by molar-refractivity contribution is 5.46. The molecule has 0 amide bonds. The quantitative estimate of drug-likeness (QED) is 0.601.